The number of nitrogens with two attached hydrogens (primary N) is 1. The van der Waals surface area contributed by atoms with Crippen LogP contribution in [0.5, 0.6) is 0 Å². The third kappa shape index (κ3) is 2.39. The third-order valence-corrected chi connectivity index (χ3v) is 2.46. The van der Waals surface area contributed by atoms with Crippen LogP contribution in [-0.2, 0) is 6.54 Å². The highest BCUT2D eigenvalue weighted by Crippen LogP contribution is 2.19. The molecular weight excluding hydrogens is 221 g/mol. The predicted octanol–water partition coefficient (Wildman–Crippen LogP) is 1.34. The highest BCUT2D eigenvalue weighted by Gasteiger charge is 2.07. The van der Waals surface area contributed by atoms with Crippen molar-refractivity contribution in [3.63, 3.8) is 0 Å². The predicted molar refractivity (Wildman–Crippen MR) is 62.9 cm³/mol. The molecule has 3 N–H and O–H groups in total. The molecule has 0 aliphatic carbocycles. The van der Waals surface area contributed by atoms with E-state index in [1.165, 1.54) is 18.2 Å². The van der Waals surface area contributed by atoms with Crippen molar-refractivity contribution < 1.29 is 4.39 Å². The van der Waals surface area contributed by atoms with E-state index in [2.05, 4.69) is 9.97 Å². The Balaban J connectivity index is 2.63. The minimum absolute atomic E-state index is 0.172. The van der Waals surface area contributed by atoms with Gasteiger partial charge < -0.3 is 10.7 Å². The summed E-state index contributed by atoms with van der Waals surface area (Å²) in [7, 11) is 0. The number of nitrogens with zero attached hydrogens (tertiary/aromatic N) is 1. The van der Waals surface area contributed by atoms with E-state index in [1.807, 2.05) is 6.92 Å². The number of aryl methyl sites for hydroxylation is 1. The van der Waals surface area contributed by atoms with Gasteiger partial charge in [-0.1, -0.05) is 6.07 Å². The average molecular weight is 233 g/mol. The smallest absolute Gasteiger partial charge is 0.251 e. The topological polar surface area (TPSA) is 71.8 Å². The van der Waals surface area contributed by atoms with Crippen LogP contribution in [0.15, 0.2) is 29.1 Å². The summed E-state index contributed by atoms with van der Waals surface area (Å²) in [5.41, 5.74) is 7.03. The van der Waals surface area contributed by atoms with Crippen molar-refractivity contribution in [2.45, 2.75) is 13.5 Å². The molecule has 88 valence electrons. The van der Waals surface area contributed by atoms with Gasteiger partial charge in [0.2, 0.25) is 0 Å². The summed E-state index contributed by atoms with van der Waals surface area (Å²) < 4.78 is 13.2. The van der Waals surface area contributed by atoms with Crippen LogP contribution in [0, 0.1) is 12.7 Å². The second kappa shape index (κ2) is 4.47. The molecule has 0 fully saturated rings. The van der Waals surface area contributed by atoms with Crippen LogP contribution in [0.1, 0.15) is 11.3 Å². The number of nitrogens with one attached hydrogen (secondary N) is 1. The zero-order chi connectivity index (χ0) is 12.4. The average Bonchev–Trinajstić information content (AvgIpc) is 2.31. The molecule has 1 heterocycles. The van der Waals surface area contributed by atoms with Gasteiger partial charge in [-0.25, -0.2) is 9.37 Å². The summed E-state index contributed by atoms with van der Waals surface area (Å²) in [6.07, 6.45) is 0. The third-order valence-electron chi connectivity index (χ3n) is 2.46. The summed E-state index contributed by atoms with van der Waals surface area (Å²) in [6.45, 7) is 2.00. The highest BCUT2D eigenvalue weighted by molar-refractivity contribution is 5.59. The molecule has 0 spiro atoms. The van der Waals surface area contributed by atoms with Crippen LogP contribution in [0.2, 0.25) is 0 Å². The van der Waals surface area contributed by atoms with Gasteiger partial charge in [0.15, 0.2) is 0 Å². The number of hydrogen-bond acceptors (Lipinski definition) is 3. The van der Waals surface area contributed by atoms with Crippen molar-refractivity contribution in [2.24, 2.45) is 5.73 Å². The summed E-state index contributed by atoms with van der Waals surface area (Å²) in [5.74, 6) is -0.0265. The van der Waals surface area contributed by atoms with Crippen LogP contribution in [0.4, 0.5) is 4.39 Å². The van der Waals surface area contributed by atoms with Crippen LogP contribution in [-0.4, -0.2) is 9.97 Å². The number of H-pyrrole nitrogens is 1. The first-order valence-corrected chi connectivity index (χ1v) is 5.17. The molecule has 1 aromatic carbocycles. The van der Waals surface area contributed by atoms with Gasteiger partial charge in [0.1, 0.15) is 11.6 Å². The van der Waals surface area contributed by atoms with E-state index in [0.29, 0.717) is 17.1 Å². The number of rotatable bonds is 2. The Morgan fingerprint density at radius 1 is 1.41 bits per heavy atom. The monoisotopic (exact) mass is 233 g/mol. The second-order valence-corrected chi connectivity index (χ2v) is 3.75. The number of benzene rings is 1. The van der Waals surface area contributed by atoms with Crippen LogP contribution in [0.25, 0.3) is 11.4 Å². The molecular formula is C12H12FN3O. The van der Waals surface area contributed by atoms with Gasteiger partial charge in [0.05, 0.1) is 5.69 Å². The second-order valence-electron chi connectivity index (χ2n) is 3.75. The Hall–Kier alpha value is -2.01. The Morgan fingerprint density at radius 2 is 2.18 bits per heavy atom. The van der Waals surface area contributed by atoms with E-state index >= 15 is 0 Å². The van der Waals surface area contributed by atoms with Crippen molar-refractivity contribution in [1.82, 2.24) is 9.97 Å². The molecule has 2 aromatic rings. The van der Waals surface area contributed by atoms with Crippen molar-refractivity contribution in [3.8, 4) is 11.4 Å². The van der Waals surface area contributed by atoms with Crippen LogP contribution < -0.4 is 11.3 Å². The van der Waals surface area contributed by atoms with Gasteiger partial charge in [-0.15, -0.1) is 0 Å². The standard InChI is InChI=1S/C12H12FN3O/c1-7-2-3-8(13)4-10(7)12-15-9(6-14)5-11(17)16-12/h2-5H,6,14H2,1H3,(H,15,16,17). The lowest BCUT2D eigenvalue weighted by molar-refractivity contribution is 0.627. The first-order chi connectivity index (χ1) is 8.10. The van der Waals surface area contributed by atoms with Gasteiger partial charge in [0, 0.05) is 18.2 Å². The zero-order valence-corrected chi connectivity index (χ0v) is 9.33. The lowest BCUT2D eigenvalue weighted by Gasteiger charge is -2.06. The molecule has 2 rings (SSSR count). The Labute approximate surface area is 97.3 Å². The molecule has 1 aromatic heterocycles. The maximum Gasteiger partial charge on any atom is 0.251 e. The van der Waals surface area contributed by atoms with Crippen molar-refractivity contribution in [3.05, 3.63) is 51.7 Å². The van der Waals surface area contributed by atoms with E-state index in [-0.39, 0.29) is 17.9 Å². The summed E-state index contributed by atoms with van der Waals surface area (Å²) in [5, 5.41) is 0. The molecule has 0 saturated heterocycles. The van der Waals surface area contributed by atoms with E-state index in [0.717, 1.165) is 5.56 Å². The van der Waals surface area contributed by atoms with E-state index in [4.69, 9.17) is 5.73 Å². The maximum absolute atomic E-state index is 13.2. The molecule has 0 radical (unpaired) electrons. The zero-order valence-electron chi connectivity index (χ0n) is 9.33. The lowest BCUT2D eigenvalue weighted by Crippen LogP contribution is -2.13. The van der Waals surface area contributed by atoms with E-state index in [1.54, 1.807) is 6.07 Å². The number of hydrogen-bond donors (Lipinski definition) is 2. The fourth-order valence-corrected chi connectivity index (χ4v) is 1.59. The Kier molecular flexibility index (Phi) is 3.01. The molecule has 0 aliphatic heterocycles. The SMILES string of the molecule is Cc1ccc(F)cc1-c1nc(CN)cc(=O)[nH]1. The number of aromatic amines is 1. The summed E-state index contributed by atoms with van der Waals surface area (Å²) >= 11 is 0. The fourth-order valence-electron chi connectivity index (χ4n) is 1.59. The normalized spacial score (nSPS) is 10.5. The van der Waals surface area contributed by atoms with E-state index in [9.17, 15) is 9.18 Å². The first kappa shape index (κ1) is 11.5. The van der Waals surface area contributed by atoms with Gasteiger partial charge in [-0.2, -0.15) is 0 Å². The van der Waals surface area contributed by atoms with Gasteiger partial charge in [-0.05, 0) is 24.6 Å². The molecule has 0 amide bonds. The van der Waals surface area contributed by atoms with Crippen molar-refractivity contribution in [2.75, 3.05) is 0 Å². The van der Waals surface area contributed by atoms with Crippen LogP contribution in [0.3, 0.4) is 0 Å². The maximum atomic E-state index is 13.2. The minimum Gasteiger partial charge on any atom is -0.325 e. The molecule has 0 bridgehead atoms. The van der Waals surface area contributed by atoms with E-state index < -0.39 is 0 Å². The number of aromatic nitrogens is 2. The molecule has 5 heteroatoms. The molecule has 0 atom stereocenters. The molecule has 17 heavy (non-hydrogen) atoms. The Morgan fingerprint density at radius 3 is 2.88 bits per heavy atom. The Bertz CT molecular complexity index is 607. The fraction of sp³-hybridized carbons (Fsp3) is 0.167. The quantitative estimate of drug-likeness (QED) is 0.822. The van der Waals surface area contributed by atoms with Gasteiger partial charge in [-0.3, -0.25) is 4.79 Å². The molecule has 0 aliphatic rings. The van der Waals surface area contributed by atoms with Crippen molar-refractivity contribution in [1.29, 1.82) is 0 Å². The van der Waals surface area contributed by atoms with Gasteiger partial charge in [0.25, 0.3) is 5.56 Å². The lowest BCUT2D eigenvalue weighted by atomic mass is 10.1. The molecule has 0 unspecified atom stereocenters. The largest absolute Gasteiger partial charge is 0.325 e. The highest BCUT2D eigenvalue weighted by atomic mass is 19.1. The summed E-state index contributed by atoms with van der Waals surface area (Å²) in [4.78, 5) is 18.1. The minimum atomic E-state index is -0.369. The molecule has 0 saturated carbocycles. The van der Waals surface area contributed by atoms with Crippen molar-refractivity contribution >= 4 is 0 Å². The number of halogens is 1. The summed E-state index contributed by atoms with van der Waals surface area (Å²) in [6, 6.07) is 5.68. The van der Waals surface area contributed by atoms with Gasteiger partial charge >= 0.3 is 0 Å². The van der Waals surface area contributed by atoms with Crippen LogP contribution >= 0.6 is 0 Å². The molecule has 4 nitrogen and oxygen atoms in total. The first-order valence-electron chi connectivity index (χ1n) is 5.17.